The lowest BCUT2D eigenvalue weighted by atomic mass is 9.86. The number of hydrogen-bond donors (Lipinski definition) is 1. The van der Waals surface area contributed by atoms with Crippen molar-refractivity contribution in [2.24, 2.45) is 11.8 Å². The molecule has 0 heterocycles. The van der Waals surface area contributed by atoms with Crippen LogP contribution in [0.15, 0.2) is 0 Å². The Bertz CT molecular complexity index is 188. The standard InChI is InChI=1S/C15H30O/c1-4-6-14-7-5-10-15(16,12-9-14)11-8-13(2)3/h13-14,16H,4-12H2,1-3H3. The molecule has 1 fully saturated rings. The average Bonchev–Trinajstić information content (AvgIpc) is 2.40. The van der Waals surface area contributed by atoms with Crippen molar-refractivity contribution in [1.29, 1.82) is 0 Å². The Kier molecular flexibility index (Phi) is 5.82. The first-order valence-electron chi connectivity index (χ1n) is 7.28. The van der Waals surface area contributed by atoms with Gasteiger partial charge >= 0.3 is 0 Å². The second-order valence-corrected chi connectivity index (χ2v) is 6.24. The van der Waals surface area contributed by atoms with Crippen molar-refractivity contribution in [2.75, 3.05) is 0 Å². The van der Waals surface area contributed by atoms with Gasteiger partial charge < -0.3 is 5.11 Å². The quantitative estimate of drug-likeness (QED) is 0.683. The summed E-state index contributed by atoms with van der Waals surface area (Å²) in [6.07, 6.45) is 10.8. The Hall–Kier alpha value is -0.0400. The summed E-state index contributed by atoms with van der Waals surface area (Å²) in [7, 11) is 0. The van der Waals surface area contributed by atoms with Gasteiger partial charge in [0.15, 0.2) is 0 Å². The van der Waals surface area contributed by atoms with Crippen molar-refractivity contribution in [1.82, 2.24) is 0 Å². The highest BCUT2D eigenvalue weighted by atomic mass is 16.3. The van der Waals surface area contributed by atoms with Gasteiger partial charge in [-0.15, -0.1) is 0 Å². The summed E-state index contributed by atoms with van der Waals surface area (Å²) in [4.78, 5) is 0. The molecule has 0 aromatic carbocycles. The summed E-state index contributed by atoms with van der Waals surface area (Å²) < 4.78 is 0. The van der Waals surface area contributed by atoms with Crippen LogP contribution in [0.2, 0.25) is 0 Å². The Morgan fingerprint density at radius 1 is 1.25 bits per heavy atom. The van der Waals surface area contributed by atoms with Crippen molar-refractivity contribution >= 4 is 0 Å². The van der Waals surface area contributed by atoms with Crippen LogP contribution in [0.5, 0.6) is 0 Å². The average molecular weight is 226 g/mol. The third-order valence-corrected chi connectivity index (χ3v) is 4.16. The van der Waals surface area contributed by atoms with E-state index in [2.05, 4.69) is 20.8 Å². The lowest BCUT2D eigenvalue weighted by Crippen LogP contribution is -2.28. The lowest BCUT2D eigenvalue weighted by Gasteiger charge is -2.27. The van der Waals surface area contributed by atoms with E-state index in [1.165, 1.54) is 38.5 Å². The van der Waals surface area contributed by atoms with E-state index < -0.39 is 0 Å². The van der Waals surface area contributed by atoms with Gasteiger partial charge in [0.05, 0.1) is 5.60 Å². The molecule has 0 radical (unpaired) electrons. The fraction of sp³-hybridized carbons (Fsp3) is 1.00. The minimum atomic E-state index is -0.327. The largest absolute Gasteiger partial charge is 0.390 e. The minimum absolute atomic E-state index is 0.327. The fourth-order valence-corrected chi connectivity index (χ4v) is 2.97. The fourth-order valence-electron chi connectivity index (χ4n) is 2.97. The van der Waals surface area contributed by atoms with Crippen LogP contribution in [0, 0.1) is 11.8 Å². The van der Waals surface area contributed by atoms with Crippen molar-refractivity contribution in [3.63, 3.8) is 0 Å². The molecule has 16 heavy (non-hydrogen) atoms. The van der Waals surface area contributed by atoms with E-state index in [0.29, 0.717) is 0 Å². The summed E-state index contributed by atoms with van der Waals surface area (Å²) in [5.74, 6) is 1.61. The molecule has 1 nitrogen and oxygen atoms in total. The lowest BCUT2D eigenvalue weighted by molar-refractivity contribution is 0.0106. The van der Waals surface area contributed by atoms with Crippen LogP contribution in [0.4, 0.5) is 0 Å². The summed E-state index contributed by atoms with van der Waals surface area (Å²) in [5.41, 5.74) is -0.327. The van der Waals surface area contributed by atoms with Crippen molar-refractivity contribution in [3.8, 4) is 0 Å². The molecule has 1 rings (SSSR count). The van der Waals surface area contributed by atoms with Gasteiger partial charge in [-0.3, -0.25) is 0 Å². The normalized spacial score (nSPS) is 31.7. The molecule has 1 N–H and O–H groups in total. The molecule has 0 amide bonds. The zero-order chi connectivity index (χ0) is 12.0. The molecular formula is C15H30O. The maximum atomic E-state index is 10.6. The van der Waals surface area contributed by atoms with Crippen molar-refractivity contribution < 1.29 is 5.11 Å². The van der Waals surface area contributed by atoms with Gasteiger partial charge in [0.2, 0.25) is 0 Å². The Morgan fingerprint density at radius 2 is 2.00 bits per heavy atom. The van der Waals surface area contributed by atoms with Gasteiger partial charge in [-0.05, 0) is 43.9 Å². The van der Waals surface area contributed by atoms with E-state index in [9.17, 15) is 5.11 Å². The molecule has 1 saturated carbocycles. The second kappa shape index (κ2) is 6.64. The zero-order valence-corrected chi connectivity index (χ0v) is 11.5. The Morgan fingerprint density at radius 3 is 2.62 bits per heavy atom. The SMILES string of the molecule is CCCC1CCCC(O)(CCC(C)C)CC1. The maximum absolute atomic E-state index is 10.6. The van der Waals surface area contributed by atoms with Gasteiger partial charge in [0.1, 0.15) is 0 Å². The van der Waals surface area contributed by atoms with Crippen LogP contribution in [0.25, 0.3) is 0 Å². The summed E-state index contributed by atoms with van der Waals surface area (Å²) in [6.45, 7) is 6.77. The van der Waals surface area contributed by atoms with Crippen LogP contribution < -0.4 is 0 Å². The molecule has 0 aliphatic heterocycles. The molecule has 0 spiro atoms. The van der Waals surface area contributed by atoms with Gasteiger partial charge in [-0.25, -0.2) is 0 Å². The zero-order valence-electron chi connectivity index (χ0n) is 11.5. The third kappa shape index (κ3) is 4.86. The van der Waals surface area contributed by atoms with Crippen LogP contribution in [-0.4, -0.2) is 10.7 Å². The molecule has 2 unspecified atom stereocenters. The van der Waals surface area contributed by atoms with Crippen molar-refractivity contribution in [3.05, 3.63) is 0 Å². The number of aliphatic hydroxyl groups is 1. The highest BCUT2D eigenvalue weighted by molar-refractivity contribution is 4.83. The van der Waals surface area contributed by atoms with Gasteiger partial charge in [-0.1, -0.05) is 46.5 Å². The van der Waals surface area contributed by atoms with E-state index in [-0.39, 0.29) is 5.60 Å². The monoisotopic (exact) mass is 226 g/mol. The molecule has 1 aliphatic rings. The smallest absolute Gasteiger partial charge is 0.0648 e. The van der Waals surface area contributed by atoms with E-state index in [0.717, 1.165) is 31.1 Å². The first-order valence-corrected chi connectivity index (χ1v) is 7.28. The summed E-state index contributed by atoms with van der Waals surface area (Å²) in [5, 5.41) is 10.6. The summed E-state index contributed by atoms with van der Waals surface area (Å²) >= 11 is 0. The van der Waals surface area contributed by atoms with Crippen LogP contribution in [0.3, 0.4) is 0 Å². The highest BCUT2D eigenvalue weighted by Crippen LogP contribution is 2.35. The highest BCUT2D eigenvalue weighted by Gasteiger charge is 2.30. The number of rotatable bonds is 5. The number of hydrogen-bond acceptors (Lipinski definition) is 1. The van der Waals surface area contributed by atoms with E-state index in [1.54, 1.807) is 0 Å². The van der Waals surface area contributed by atoms with E-state index >= 15 is 0 Å². The van der Waals surface area contributed by atoms with Crippen LogP contribution in [-0.2, 0) is 0 Å². The maximum Gasteiger partial charge on any atom is 0.0648 e. The predicted octanol–water partition coefficient (Wildman–Crippen LogP) is 4.53. The molecular weight excluding hydrogens is 196 g/mol. The van der Waals surface area contributed by atoms with Crippen molar-refractivity contribution in [2.45, 2.75) is 84.2 Å². The Labute approximate surface area is 102 Å². The molecule has 2 atom stereocenters. The first kappa shape index (κ1) is 14.0. The summed E-state index contributed by atoms with van der Waals surface area (Å²) in [6, 6.07) is 0. The molecule has 0 bridgehead atoms. The van der Waals surface area contributed by atoms with Crippen LogP contribution >= 0.6 is 0 Å². The minimum Gasteiger partial charge on any atom is -0.390 e. The van der Waals surface area contributed by atoms with Gasteiger partial charge in [0.25, 0.3) is 0 Å². The molecule has 96 valence electrons. The van der Waals surface area contributed by atoms with Gasteiger partial charge in [0, 0.05) is 0 Å². The Balaban J connectivity index is 2.38. The molecule has 0 aromatic heterocycles. The first-order chi connectivity index (χ1) is 7.56. The molecule has 1 heteroatoms. The van der Waals surface area contributed by atoms with Gasteiger partial charge in [-0.2, -0.15) is 0 Å². The predicted molar refractivity (Wildman–Crippen MR) is 70.5 cm³/mol. The molecule has 1 aliphatic carbocycles. The third-order valence-electron chi connectivity index (χ3n) is 4.16. The van der Waals surface area contributed by atoms with Crippen LogP contribution in [0.1, 0.15) is 78.6 Å². The van der Waals surface area contributed by atoms with E-state index in [4.69, 9.17) is 0 Å². The molecule has 0 saturated heterocycles. The van der Waals surface area contributed by atoms with E-state index in [1.807, 2.05) is 0 Å². The second-order valence-electron chi connectivity index (χ2n) is 6.24. The topological polar surface area (TPSA) is 20.2 Å². The molecule has 0 aromatic rings.